The fourth-order valence-corrected chi connectivity index (χ4v) is 3.61. The third-order valence-corrected chi connectivity index (χ3v) is 4.37. The standard InChI is InChI=1S/C11H16N2O2S/c1-13-4-7(12)2-3-8(13)11-10-9(5-16-11)14-6-15-10/h5,7-8H,2-4,6,12H2,1H3. The van der Waals surface area contributed by atoms with E-state index in [1.54, 1.807) is 11.3 Å². The van der Waals surface area contributed by atoms with E-state index >= 15 is 0 Å². The van der Waals surface area contributed by atoms with E-state index < -0.39 is 0 Å². The summed E-state index contributed by atoms with van der Waals surface area (Å²) in [6.45, 7) is 1.32. The Labute approximate surface area is 98.9 Å². The van der Waals surface area contributed by atoms with Crippen molar-refractivity contribution in [2.45, 2.75) is 24.9 Å². The summed E-state index contributed by atoms with van der Waals surface area (Å²) in [7, 11) is 2.13. The molecule has 3 rings (SSSR count). The van der Waals surface area contributed by atoms with Gasteiger partial charge in [-0.05, 0) is 19.9 Å². The average Bonchev–Trinajstić information content (AvgIpc) is 2.80. The van der Waals surface area contributed by atoms with Gasteiger partial charge in [0.2, 0.25) is 6.79 Å². The highest BCUT2D eigenvalue weighted by atomic mass is 32.1. The largest absolute Gasteiger partial charge is 0.453 e. The minimum absolute atomic E-state index is 0.312. The van der Waals surface area contributed by atoms with Crippen LogP contribution in [-0.4, -0.2) is 31.3 Å². The molecule has 2 unspecified atom stereocenters. The lowest BCUT2D eigenvalue weighted by Crippen LogP contribution is -2.42. The van der Waals surface area contributed by atoms with Crippen LogP contribution in [0.4, 0.5) is 0 Å². The maximum Gasteiger partial charge on any atom is 0.231 e. The predicted octanol–water partition coefficient (Wildman–Crippen LogP) is 1.57. The monoisotopic (exact) mass is 240 g/mol. The highest BCUT2D eigenvalue weighted by molar-refractivity contribution is 7.10. The summed E-state index contributed by atoms with van der Waals surface area (Å²) in [5.41, 5.74) is 5.96. The van der Waals surface area contributed by atoms with Gasteiger partial charge in [-0.25, -0.2) is 0 Å². The van der Waals surface area contributed by atoms with Crippen LogP contribution < -0.4 is 15.2 Å². The van der Waals surface area contributed by atoms with Gasteiger partial charge >= 0.3 is 0 Å². The van der Waals surface area contributed by atoms with Crippen LogP contribution in [0.25, 0.3) is 0 Å². The number of nitrogens with two attached hydrogens (primary N) is 1. The first-order chi connectivity index (χ1) is 7.75. The van der Waals surface area contributed by atoms with Gasteiger partial charge in [-0.3, -0.25) is 4.90 Å². The average molecular weight is 240 g/mol. The van der Waals surface area contributed by atoms with Crippen LogP contribution in [0.1, 0.15) is 23.8 Å². The van der Waals surface area contributed by atoms with Gasteiger partial charge in [-0.15, -0.1) is 11.3 Å². The van der Waals surface area contributed by atoms with Crippen molar-refractivity contribution in [1.29, 1.82) is 0 Å². The predicted molar refractivity (Wildman–Crippen MR) is 63.0 cm³/mol. The summed E-state index contributed by atoms with van der Waals surface area (Å²) in [5, 5.41) is 2.04. The van der Waals surface area contributed by atoms with Gasteiger partial charge in [-0.1, -0.05) is 0 Å². The fraction of sp³-hybridized carbons (Fsp3) is 0.636. The summed E-state index contributed by atoms with van der Waals surface area (Å²) >= 11 is 1.73. The normalized spacial score (nSPS) is 29.6. The molecule has 5 heteroatoms. The van der Waals surface area contributed by atoms with Crippen molar-refractivity contribution in [3.8, 4) is 11.5 Å². The molecule has 0 saturated carbocycles. The van der Waals surface area contributed by atoms with Crippen molar-refractivity contribution in [3.63, 3.8) is 0 Å². The third kappa shape index (κ3) is 1.59. The molecule has 2 aliphatic heterocycles. The molecule has 0 amide bonds. The second-order valence-corrected chi connectivity index (χ2v) is 5.40. The van der Waals surface area contributed by atoms with Crippen molar-refractivity contribution < 1.29 is 9.47 Å². The van der Waals surface area contributed by atoms with Crippen LogP contribution in [0.2, 0.25) is 0 Å². The Morgan fingerprint density at radius 2 is 2.31 bits per heavy atom. The van der Waals surface area contributed by atoms with E-state index in [2.05, 4.69) is 11.9 Å². The number of hydrogen-bond donors (Lipinski definition) is 1. The minimum Gasteiger partial charge on any atom is -0.453 e. The Kier molecular flexibility index (Phi) is 2.53. The van der Waals surface area contributed by atoms with E-state index in [0.717, 1.165) is 30.9 Å². The molecule has 2 N–H and O–H groups in total. The minimum atomic E-state index is 0.312. The number of hydrogen-bond acceptors (Lipinski definition) is 5. The van der Waals surface area contributed by atoms with Crippen LogP contribution in [0.5, 0.6) is 11.5 Å². The Hall–Kier alpha value is -0.780. The SMILES string of the molecule is CN1CC(N)CCC1c1scc2c1OCO2. The molecule has 4 nitrogen and oxygen atoms in total. The molecule has 3 heterocycles. The first-order valence-electron chi connectivity index (χ1n) is 5.58. The van der Waals surface area contributed by atoms with E-state index in [0.29, 0.717) is 18.9 Å². The van der Waals surface area contributed by atoms with Crippen molar-refractivity contribution in [2.24, 2.45) is 5.73 Å². The maximum absolute atomic E-state index is 5.96. The number of piperidine rings is 1. The summed E-state index contributed by atoms with van der Waals surface area (Å²) in [6.07, 6.45) is 2.19. The zero-order valence-electron chi connectivity index (χ0n) is 9.31. The molecule has 2 aliphatic rings. The van der Waals surface area contributed by atoms with E-state index in [-0.39, 0.29) is 0 Å². The van der Waals surface area contributed by atoms with Crippen LogP contribution in [0, 0.1) is 0 Å². The van der Waals surface area contributed by atoms with Crippen molar-refractivity contribution in [3.05, 3.63) is 10.3 Å². The van der Waals surface area contributed by atoms with Crippen LogP contribution in [-0.2, 0) is 0 Å². The van der Waals surface area contributed by atoms with Crippen molar-refractivity contribution in [2.75, 3.05) is 20.4 Å². The van der Waals surface area contributed by atoms with Crippen LogP contribution in [0.15, 0.2) is 5.38 Å². The molecular formula is C11H16N2O2S. The first kappa shape index (κ1) is 10.4. The smallest absolute Gasteiger partial charge is 0.231 e. The first-order valence-corrected chi connectivity index (χ1v) is 6.46. The molecule has 1 fully saturated rings. The fourth-order valence-electron chi connectivity index (χ4n) is 2.48. The quantitative estimate of drug-likeness (QED) is 0.809. The van der Waals surface area contributed by atoms with Crippen LogP contribution >= 0.6 is 11.3 Å². The lowest BCUT2D eigenvalue weighted by atomic mass is 9.98. The Balaban J connectivity index is 1.86. The summed E-state index contributed by atoms with van der Waals surface area (Å²) < 4.78 is 10.9. The van der Waals surface area contributed by atoms with Gasteiger partial charge in [0.05, 0.1) is 4.88 Å². The second-order valence-electron chi connectivity index (χ2n) is 4.49. The summed E-state index contributed by atoms with van der Waals surface area (Å²) in [4.78, 5) is 3.61. The highest BCUT2D eigenvalue weighted by Crippen LogP contribution is 2.47. The van der Waals surface area contributed by atoms with Gasteiger partial charge in [0.1, 0.15) is 0 Å². The molecule has 0 aromatic carbocycles. The molecule has 16 heavy (non-hydrogen) atoms. The molecule has 0 radical (unpaired) electrons. The Morgan fingerprint density at radius 1 is 1.44 bits per heavy atom. The number of likely N-dealkylation sites (tertiary alicyclic amines) is 1. The van der Waals surface area contributed by atoms with Gasteiger partial charge in [0, 0.05) is 24.0 Å². The van der Waals surface area contributed by atoms with Gasteiger partial charge in [0.15, 0.2) is 11.5 Å². The lowest BCUT2D eigenvalue weighted by Gasteiger charge is -2.35. The van der Waals surface area contributed by atoms with E-state index in [1.165, 1.54) is 4.88 Å². The molecule has 1 aromatic rings. The van der Waals surface area contributed by atoms with Gasteiger partial charge in [0.25, 0.3) is 0 Å². The highest BCUT2D eigenvalue weighted by Gasteiger charge is 2.31. The van der Waals surface area contributed by atoms with Crippen LogP contribution in [0.3, 0.4) is 0 Å². The van der Waals surface area contributed by atoms with Gasteiger partial charge < -0.3 is 15.2 Å². The number of fused-ring (bicyclic) bond motifs is 1. The second kappa shape index (κ2) is 3.91. The Bertz CT molecular complexity index is 393. The molecule has 1 saturated heterocycles. The topological polar surface area (TPSA) is 47.7 Å². The van der Waals surface area contributed by atoms with E-state index in [4.69, 9.17) is 15.2 Å². The number of nitrogens with zero attached hydrogens (tertiary/aromatic N) is 1. The van der Waals surface area contributed by atoms with Crippen molar-refractivity contribution in [1.82, 2.24) is 4.90 Å². The molecule has 0 bridgehead atoms. The van der Waals surface area contributed by atoms with Crippen molar-refractivity contribution >= 4 is 11.3 Å². The molecule has 1 aromatic heterocycles. The van der Waals surface area contributed by atoms with E-state index in [1.807, 2.05) is 5.38 Å². The molecular weight excluding hydrogens is 224 g/mol. The summed E-state index contributed by atoms with van der Waals surface area (Å²) in [6, 6.07) is 0.752. The molecule has 2 atom stereocenters. The van der Waals surface area contributed by atoms with E-state index in [9.17, 15) is 0 Å². The number of ether oxygens (including phenoxy) is 2. The number of rotatable bonds is 1. The molecule has 0 aliphatic carbocycles. The molecule has 0 spiro atoms. The zero-order chi connectivity index (χ0) is 11.1. The third-order valence-electron chi connectivity index (χ3n) is 3.33. The number of likely N-dealkylation sites (N-methyl/N-ethyl adjacent to an activating group) is 1. The molecule has 88 valence electrons. The summed E-state index contributed by atoms with van der Waals surface area (Å²) in [5.74, 6) is 1.86. The maximum atomic E-state index is 5.96. The zero-order valence-corrected chi connectivity index (χ0v) is 10.1. The number of thiophene rings is 1. The Morgan fingerprint density at radius 3 is 3.12 bits per heavy atom. The van der Waals surface area contributed by atoms with Gasteiger partial charge in [-0.2, -0.15) is 0 Å². The lowest BCUT2D eigenvalue weighted by molar-refractivity contribution is 0.157.